The van der Waals surface area contributed by atoms with E-state index in [0.717, 1.165) is 18.9 Å². The maximum Gasteiger partial charge on any atom is 0.405 e. The Hall–Kier alpha value is -3.97. The van der Waals surface area contributed by atoms with Crippen molar-refractivity contribution in [2.75, 3.05) is 6.54 Å². The first kappa shape index (κ1) is 29.0. The predicted molar refractivity (Wildman–Crippen MR) is 130 cm³/mol. The lowest BCUT2D eigenvalue weighted by Gasteiger charge is -2.30. The van der Waals surface area contributed by atoms with Gasteiger partial charge in [0, 0.05) is 24.9 Å². The first-order chi connectivity index (χ1) is 18.7. The number of nitrogens with zero attached hydrogens (tertiary/aromatic N) is 2. The molecule has 0 bridgehead atoms. The minimum Gasteiger partial charge on any atom is -0.473 e. The summed E-state index contributed by atoms with van der Waals surface area (Å²) in [5.41, 5.74) is -0.902. The molecule has 216 valence electrons. The highest BCUT2D eigenvalue weighted by atomic mass is 19.4. The van der Waals surface area contributed by atoms with Gasteiger partial charge in [-0.2, -0.15) is 22.8 Å². The molecule has 1 saturated carbocycles. The Balaban J connectivity index is 1.64. The van der Waals surface area contributed by atoms with Crippen molar-refractivity contribution in [3.63, 3.8) is 0 Å². The van der Waals surface area contributed by atoms with Crippen LogP contribution in [0.2, 0.25) is 0 Å². The number of amides is 2. The Morgan fingerprint density at radius 2 is 1.80 bits per heavy atom. The van der Waals surface area contributed by atoms with Gasteiger partial charge in [0.2, 0.25) is 5.88 Å². The number of rotatable bonds is 10. The third-order valence-corrected chi connectivity index (χ3v) is 6.57. The predicted octanol–water partition coefficient (Wildman–Crippen LogP) is 5.62. The van der Waals surface area contributed by atoms with E-state index in [2.05, 4.69) is 15.7 Å². The number of nitrogens with one attached hydrogen (secondary N) is 2. The first-order valence-corrected chi connectivity index (χ1v) is 12.3. The molecule has 0 spiro atoms. The van der Waals surface area contributed by atoms with Gasteiger partial charge in [-0.25, -0.2) is 18.0 Å². The molecule has 3 aromatic rings. The smallest absolute Gasteiger partial charge is 0.405 e. The zero-order valence-electron chi connectivity index (χ0n) is 21.5. The molecule has 2 heterocycles. The van der Waals surface area contributed by atoms with Crippen molar-refractivity contribution in [2.45, 2.75) is 63.8 Å². The maximum atomic E-state index is 14.2. The fourth-order valence-corrected chi connectivity index (χ4v) is 4.32. The molecule has 4 rings (SSSR count). The van der Waals surface area contributed by atoms with Gasteiger partial charge in [0.05, 0.1) is 27.9 Å². The maximum absolute atomic E-state index is 14.2. The van der Waals surface area contributed by atoms with E-state index in [0.29, 0.717) is 17.3 Å². The van der Waals surface area contributed by atoms with Gasteiger partial charge in [-0.1, -0.05) is 0 Å². The molecule has 0 radical (unpaired) electrons. The number of carboxylic acid groups (broad SMARTS) is 1. The normalized spacial score (nSPS) is 15.1. The molecule has 1 fully saturated rings. The lowest BCUT2D eigenvalue weighted by Crippen LogP contribution is -2.53. The fraction of sp³-hybridized carbons (Fsp3) is 0.423. The molecule has 2 amide bonds. The third kappa shape index (κ3) is 6.59. The number of ether oxygens (including phenoxy) is 1. The molecule has 8 nitrogen and oxygen atoms in total. The lowest BCUT2D eigenvalue weighted by molar-refractivity contribution is -0.138. The number of hydrogen-bond donors (Lipinski definition) is 3. The van der Waals surface area contributed by atoms with E-state index in [1.54, 1.807) is 13.0 Å². The zero-order chi connectivity index (χ0) is 29.4. The Bertz CT molecular complexity index is 1450. The number of halogens is 6. The second-order valence-corrected chi connectivity index (χ2v) is 10.1. The van der Waals surface area contributed by atoms with E-state index < -0.39 is 72.7 Å². The molecular weight excluding hydrogens is 546 g/mol. The molecule has 1 aromatic carbocycles. The molecule has 2 aromatic heterocycles. The largest absolute Gasteiger partial charge is 0.473 e. The van der Waals surface area contributed by atoms with Crippen molar-refractivity contribution in [1.29, 1.82) is 0 Å². The van der Waals surface area contributed by atoms with E-state index >= 15 is 0 Å². The van der Waals surface area contributed by atoms with Gasteiger partial charge >= 0.3 is 12.3 Å². The molecule has 3 N–H and O–H groups in total. The molecular formula is C26H26F6N4O4. The number of aryl methyl sites for hydroxylation is 1. The number of pyridine rings is 1. The van der Waals surface area contributed by atoms with Gasteiger partial charge in [-0.3, -0.25) is 4.79 Å². The van der Waals surface area contributed by atoms with Crippen LogP contribution in [0.3, 0.4) is 0 Å². The third-order valence-electron chi connectivity index (χ3n) is 6.57. The summed E-state index contributed by atoms with van der Waals surface area (Å²) in [4.78, 5) is 24.6. The number of benzene rings is 1. The average Bonchev–Trinajstić information content (AvgIpc) is 3.63. The van der Waals surface area contributed by atoms with Crippen LogP contribution in [0.15, 0.2) is 24.3 Å². The van der Waals surface area contributed by atoms with Gasteiger partial charge in [0.15, 0.2) is 11.6 Å². The van der Waals surface area contributed by atoms with Crippen LogP contribution in [0.25, 0.3) is 5.52 Å². The number of aromatic nitrogens is 2. The number of hydrogen-bond acceptors (Lipinski definition) is 4. The van der Waals surface area contributed by atoms with Crippen molar-refractivity contribution in [1.82, 2.24) is 20.2 Å². The second-order valence-electron chi connectivity index (χ2n) is 10.1. The highest BCUT2D eigenvalue weighted by Gasteiger charge is 2.37. The van der Waals surface area contributed by atoms with E-state index in [-0.39, 0.29) is 22.9 Å². The standard InChI is InChI=1S/C26H26F6N4O4/c1-13-9-18-20(23(37)33-12-25(2,34-24(38)39)7-8-26(30,31)32)22(14-3-4-14)35-36(18)19(10-13)40-11-15-16(27)5-6-17(28)21(15)29/h5-6,9-10,14,34H,3-4,7-8,11-12H2,1-2H3,(H,33,37)(H,38,39). The Morgan fingerprint density at radius 3 is 2.42 bits per heavy atom. The molecule has 0 saturated heterocycles. The van der Waals surface area contributed by atoms with Crippen molar-refractivity contribution >= 4 is 17.5 Å². The van der Waals surface area contributed by atoms with Gasteiger partial charge in [0.1, 0.15) is 12.4 Å². The highest BCUT2D eigenvalue weighted by molar-refractivity contribution is 6.02. The van der Waals surface area contributed by atoms with Crippen LogP contribution >= 0.6 is 0 Å². The van der Waals surface area contributed by atoms with E-state index in [9.17, 15) is 35.9 Å². The Morgan fingerprint density at radius 1 is 1.12 bits per heavy atom. The summed E-state index contributed by atoms with van der Waals surface area (Å²) in [6.07, 6.45) is -6.50. The van der Waals surface area contributed by atoms with Crippen molar-refractivity contribution in [3.8, 4) is 5.88 Å². The molecule has 14 heteroatoms. The summed E-state index contributed by atoms with van der Waals surface area (Å²) in [5.74, 6) is -4.41. The number of fused-ring (bicyclic) bond motifs is 1. The summed E-state index contributed by atoms with van der Waals surface area (Å²) in [6.45, 7) is 1.81. The van der Waals surface area contributed by atoms with Gasteiger partial charge in [-0.15, -0.1) is 0 Å². The minimum absolute atomic E-state index is 0.0153. The molecule has 0 aliphatic heterocycles. The SMILES string of the molecule is Cc1cc(OCc2c(F)ccc(F)c2F)n2nc(C3CC3)c(C(=O)NCC(C)(CCC(F)(F)F)NC(=O)O)c2c1. The molecule has 1 atom stereocenters. The van der Waals surface area contributed by atoms with Crippen LogP contribution in [0.1, 0.15) is 65.7 Å². The van der Waals surface area contributed by atoms with Crippen LogP contribution in [0.4, 0.5) is 31.1 Å². The summed E-state index contributed by atoms with van der Waals surface area (Å²) in [5, 5.41) is 18.2. The summed E-state index contributed by atoms with van der Waals surface area (Å²) in [7, 11) is 0. The second kappa shape index (κ2) is 10.9. The van der Waals surface area contributed by atoms with Gasteiger partial charge in [0.25, 0.3) is 5.91 Å². The summed E-state index contributed by atoms with van der Waals surface area (Å²) in [6, 6.07) is 4.55. The zero-order valence-corrected chi connectivity index (χ0v) is 21.5. The van der Waals surface area contributed by atoms with Crippen molar-refractivity contribution in [3.05, 3.63) is 64.1 Å². The van der Waals surface area contributed by atoms with Crippen LogP contribution in [-0.4, -0.2) is 45.0 Å². The van der Waals surface area contributed by atoms with Crippen molar-refractivity contribution < 1.29 is 45.8 Å². The van der Waals surface area contributed by atoms with E-state index in [1.165, 1.54) is 17.5 Å². The topological polar surface area (TPSA) is 105 Å². The molecule has 1 aliphatic rings. The lowest BCUT2D eigenvalue weighted by atomic mass is 9.95. The van der Waals surface area contributed by atoms with Crippen LogP contribution < -0.4 is 15.4 Å². The molecule has 1 aliphatic carbocycles. The van der Waals surface area contributed by atoms with Crippen molar-refractivity contribution in [2.24, 2.45) is 0 Å². The molecule has 1 unspecified atom stereocenters. The summed E-state index contributed by atoms with van der Waals surface area (Å²) < 4.78 is 87.3. The molecule has 40 heavy (non-hydrogen) atoms. The van der Waals surface area contributed by atoms with Crippen LogP contribution in [0.5, 0.6) is 5.88 Å². The summed E-state index contributed by atoms with van der Waals surface area (Å²) >= 11 is 0. The van der Waals surface area contributed by atoms with Gasteiger partial charge < -0.3 is 20.5 Å². The monoisotopic (exact) mass is 572 g/mol. The number of alkyl halides is 3. The number of carbonyl (C=O) groups is 2. The fourth-order valence-electron chi connectivity index (χ4n) is 4.32. The van der Waals surface area contributed by atoms with E-state index in [4.69, 9.17) is 9.84 Å². The average molecular weight is 573 g/mol. The highest BCUT2D eigenvalue weighted by Crippen LogP contribution is 2.42. The Labute approximate surface area is 224 Å². The van der Waals surface area contributed by atoms with Gasteiger partial charge in [-0.05, 0) is 56.9 Å². The van der Waals surface area contributed by atoms with Crippen LogP contribution in [-0.2, 0) is 6.61 Å². The quantitative estimate of drug-likeness (QED) is 0.216. The van der Waals surface area contributed by atoms with Crippen LogP contribution in [0, 0.1) is 24.4 Å². The Kier molecular flexibility index (Phi) is 7.90. The minimum atomic E-state index is -4.53. The first-order valence-electron chi connectivity index (χ1n) is 12.3. The number of carbonyl (C=O) groups excluding carboxylic acids is 1. The van der Waals surface area contributed by atoms with E-state index in [1.807, 2.05) is 0 Å².